The number of rotatable bonds is 3. The Morgan fingerprint density at radius 3 is 2.41 bits per heavy atom. The molecule has 3 aromatic carbocycles. The lowest BCUT2D eigenvalue weighted by atomic mass is 9.95. The number of carbonyl (C=O) groups excluding carboxylic acids is 3. The third kappa shape index (κ3) is 3.14. The lowest BCUT2D eigenvalue weighted by Crippen LogP contribution is -2.37. The Bertz CT molecular complexity index is 1360. The van der Waals surface area contributed by atoms with Gasteiger partial charge in [-0.2, -0.15) is 20.2 Å². The van der Waals surface area contributed by atoms with Crippen LogP contribution in [-0.2, 0) is 4.79 Å². The molecule has 0 aliphatic carbocycles. The van der Waals surface area contributed by atoms with Gasteiger partial charge in [-0.05, 0) is 54.8 Å². The number of anilines is 1. The summed E-state index contributed by atoms with van der Waals surface area (Å²) in [5.41, 5.74) is 1.81. The molecule has 0 spiro atoms. The van der Waals surface area contributed by atoms with Crippen molar-refractivity contribution in [2.45, 2.75) is 6.92 Å². The third-order valence-corrected chi connectivity index (χ3v) is 6.36. The predicted molar refractivity (Wildman–Crippen MR) is 126 cm³/mol. The van der Waals surface area contributed by atoms with Gasteiger partial charge in [-0.15, -0.1) is 0 Å². The average molecular weight is 510 g/mol. The lowest BCUT2D eigenvalue weighted by molar-refractivity contribution is -0.118. The van der Waals surface area contributed by atoms with Crippen molar-refractivity contribution in [3.8, 4) is 0 Å². The minimum atomic E-state index is -0.798. The van der Waals surface area contributed by atoms with Crippen LogP contribution in [0.25, 0.3) is 10.8 Å². The smallest absolute Gasteiger partial charge is 0.271 e. The summed E-state index contributed by atoms with van der Waals surface area (Å²) in [6, 6.07) is 15.4. The quantitative estimate of drug-likeness (QED) is 0.373. The van der Waals surface area contributed by atoms with E-state index in [1.165, 1.54) is 11.2 Å². The second-order valence-corrected chi connectivity index (χ2v) is 8.65. The summed E-state index contributed by atoms with van der Waals surface area (Å²) in [5, 5.41) is 12.4. The number of nitrogens with zero attached hydrogens (tertiary/aromatic N) is 4. The number of amides is 3. The molecule has 0 N–H and O–H groups in total. The summed E-state index contributed by atoms with van der Waals surface area (Å²) in [7, 11) is 0. The van der Waals surface area contributed by atoms with Crippen LogP contribution in [0.4, 0.5) is 5.69 Å². The van der Waals surface area contributed by atoms with Crippen LogP contribution < -0.4 is 5.01 Å². The third-order valence-electron chi connectivity index (χ3n) is 5.42. The van der Waals surface area contributed by atoms with E-state index >= 15 is 0 Å². The number of benzene rings is 3. The summed E-state index contributed by atoms with van der Waals surface area (Å²) in [6.07, 6.45) is 1.29. The van der Waals surface area contributed by atoms with Gasteiger partial charge in [-0.25, -0.2) is 0 Å². The van der Waals surface area contributed by atoms with E-state index in [4.69, 9.17) is 11.6 Å². The molecule has 9 heteroatoms. The molecule has 0 fully saturated rings. The molecule has 0 saturated carbocycles. The average Bonchev–Trinajstić information content (AvgIpc) is 3.07. The largest absolute Gasteiger partial charge is 0.282 e. The number of hydrazone groups is 2. The van der Waals surface area contributed by atoms with Gasteiger partial charge in [0.25, 0.3) is 17.7 Å². The zero-order valence-corrected chi connectivity index (χ0v) is 19.0. The minimum absolute atomic E-state index is 0.336. The number of imide groups is 1. The van der Waals surface area contributed by atoms with Crippen LogP contribution in [0.5, 0.6) is 0 Å². The van der Waals surface area contributed by atoms with Crippen molar-refractivity contribution in [1.82, 2.24) is 5.01 Å². The Labute approximate surface area is 196 Å². The van der Waals surface area contributed by atoms with Gasteiger partial charge >= 0.3 is 0 Å². The molecule has 0 aromatic heterocycles. The molecule has 5 rings (SSSR count). The molecule has 0 saturated heterocycles. The molecule has 1 atom stereocenters. The highest BCUT2D eigenvalue weighted by molar-refractivity contribution is 9.10. The molecule has 0 bridgehead atoms. The Morgan fingerprint density at radius 2 is 1.69 bits per heavy atom. The van der Waals surface area contributed by atoms with Gasteiger partial charge in [0.2, 0.25) is 0 Å². The van der Waals surface area contributed by atoms with E-state index in [0.29, 0.717) is 32.9 Å². The first kappa shape index (κ1) is 20.5. The van der Waals surface area contributed by atoms with Gasteiger partial charge < -0.3 is 0 Å². The summed E-state index contributed by atoms with van der Waals surface area (Å²) < 4.78 is 0.793. The zero-order chi connectivity index (χ0) is 22.6. The van der Waals surface area contributed by atoms with Crippen LogP contribution in [0.15, 0.2) is 69.3 Å². The van der Waals surface area contributed by atoms with Gasteiger partial charge in [0.15, 0.2) is 0 Å². The minimum Gasteiger partial charge on any atom is -0.271 e. The molecular weight excluding hydrogens is 496 g/mol. The maximum absolute atomic E-state index is 13.0. The standard InChI is InChI=1S/C23H14BrClN4O3/c1-12-18(23(32)28(27-12)14-7-5-13(25)6-8-14)11-26-29-21(30)16-4-2-3-15-19(24)10-9-17(20(15)16)22(29)31/h2-11,18H,1H3/t18-/m1/s1. The fourth-order valence-electron chi connectivity index (χ4n) is 3.80. The molecule has 2 aliphatic heterocycles. The lowest BCUT2D eigenvalue weighted by Gasteiger charge is -2.23. The van der Waals surface area contributed by atoms with Crippen molar-refractivity contribution >= 4 is 73.6 Å². The summed E-state index contributed by atoms with van der Waals surface area (Å²) in [5.74, 6) is -2.22. The Hall–Kier alpha value is -3.36. The highest BCUT2D eigenvalue weighted by atomic mass is 79.9. The second-order valence-electron chi connectivity index (χ2n) is 7.36. The highest BCUT2D eigenvalue weighted by Crippen LogP contribution is 2.34. The Kier molecular flexibility index (Phi) is 4.91. The van der Waals surface area contributed by atoms with Crippen LogP contribution in [0.3, 0.4) is 0 Å². The van der Waals surface area contributed by atoms with Crippen LogP contribution in [0.1, 0.15) is 27.6 Å². The van der Waals surface area contributed by atoms with Crippen molar-refractivity contribution in [2.75, 3.05) is 5.01 Å². The number of hydrogen-bond acceptors (Lipinski definition) is 5. The van der Waals surface area contributed by atoms with Crippen LogP contribution in [0, 0.1) is 5.92 Å². The van der Waals surface area contributed by atoms with Gasteiger partial charge in [0.05, 0.1) is 22.5 Å². The van der Waals surface area contributed by atoms with Crippen molar-refractivity contribution in [1.29, 1.82) is 0 Å². The van der Waals surface area contributed by atoms with Crippen LogP contribution in [0.2, 0.25) is 5.02 Å². The molecule has 32 heavy (non-hydrogen) atoms. The van der Waals surface area contributed by atoms with Gasteiger partial charge in [0.1, 0.15) is 5.92 Å². The zero-order valence-electron chi connectivity index (χ0n) is 16.6. The summed E-state index contributed by atoms with van der Waals surface area (Å²) in [6.45, 7) is 1.69. The summed E-state index contributed by atoms with van der Waals surface area (Å²) in [4.78, 5) is 39.0. The van der Waals surface area contributed by atoms with Gasteiger partial charge in [0, 0.05) is 21.1 Å². The molecule has 3 amide bonds. The van der Waals surface area contributed by atoms with E-state index in [1.807, 2.05) is 6.07 Å². The van der Waals surface area contributed by atoms with Crippen LogP contribution >= 0.6 is 27.5 Å². The van der Waals surface area contributed by atoms with E-state index < -0.39 is 17.7 Å². The molecule has 7 nitrogen and oxygen atoms in total. The predicted octanol–water partition coefficient (Wildman–Crippen LogP) is 4.88. The maximum Gasteiger partial charge on any atom is 0.282 e. The Balaban J connectivity index is 1.46. The molecule has 158 valence electrons. The molecule has 3 aromatic rings. The molecule has 0 unspecified atom stereocenters. The van der Waals surface area contributed by atoms with Crippen LogP contribution in [-0.4, -0.2) is 34.7 Å². The molecule has 0 radical (unpaired) electrons. The highest BCUT2D eigenvalue weighted by Gasteiger charge is 2.36. The Morgan fingerprint density at radius 1 is 1.00 bits per heavy atom. The molecule has 2 aliphatic rings. The van der Waals surface area contributed by atoms with E-state index in [2.05, 4.69) is 26.1 Å². The maximum atomic E-state index is 13.0. The van der Waals surface area contributed by atoms with E-state index in [0.717, 1.165) is 14.9 Å². The second kappa shape index (κ2) is 7.65. The van der Waals surface area contributed by atoms with E-state index in [9.17, 15) is 14.4 Å². The topological polar surface area (TPSA) is 82.4 Å². The fourth-order valence-corrected chi connectivity index (χ4v) is 4.39. The normalized spacial score (nSPS) is 18.3. The first-order valence-electron chi connectivity index (χ1n) is 9.65. The first-order valence-corrected chi connectivity index (χ1v) is 10.8. The number of carbonyl (C=O) groups is 3. The molecule has 2 heterocycles. The van der Waals surface area contributed by atoms with E-state index in [1.54, 1.807) is 55.5 Å². The van der Waals surface area contributed by atoms with Crippen molar-refractivity contribution in [3.05, 3.63) is 75.2 Å². The SMILES string of the molecule is CC1=NN(c2ccc(Cl)cc2)C(=O)[C@@H]1C=NN1C(=O)c2cccc3c(Br)ccc(c23)C1=O. The number of halogens is 2. The number of hydrogen-bond donors (Lipinski definition) is 0. The molecular formula is C23H14BrClN4O3. The fraction of sp³-hybridized carbons (Fsp3) is 0.0870. The van der Waals surface area contributed by atoms with E-state index in [-0.39, 0.29) is 5.91 Å². The monoisotopic (exact) mass is 508 g/mol. The first-order chi connectivity index (χ1) is 15.4. The summed E-state index contributed by atoms with van der Waals surface area (Å²) >= 11 is 9.38. The van der Waals surface area contributed by atoms with Gasteiger partial charge in [-0.1, -0.05) is 39.7 Å². The van der Waals surface area contributed by atoms with Crippen molar-refractivity contribution < 1.29 is 14.4 Å². The van der Waals surface area contributed by atoms with Crippen molar-refractivity contribution in [3.63, 3.8) is 0 Å². The van der Waals surface area contributed by atoms with Crippen molar-refractivity contribution in [2.24, 2.45) is 16.1 Å². The van der Waals surface area contributed by atoms with Gasteiger partial charge in [-0.3, -0.25) is 14.4 Å².